The number of pyridine rings is 1. The molecule has 32 heavy (non-hydrogen) atoms. The number of carbonyl (C=O) groups is 1. The van der Waals surface area contributed by atoms with Crippen molar-refractivity contribution in [3.05, 3.63) is 42.5 Å². The third-order valence-electron chi connectivity index (χ3n) is 6.54. The van der Waals surface area contributed by atoms with Crippen LogP contribution in [0.25, 0.3) is 10.9 Å². The lowest BCUT2D eigenvalue weighted by Gasteiger charge is -2.50. The van der Waals surface area contributed by atoms with Gasteiger partial charge in [0, 0.05) is 29.6 Å². The second kappa shape index (κ2) is 8.71. The molecule has 2 unspecified atom stereocenters. The molecule has 7 nitrogen and oxygen atoms in total. The first-order chi connectivity index (χ1) is 15.2. The quantitative estimate of drug-likeness (QED) is 0.684. The summed E-state index contributed by atoms with van der Waals surface area (Å²) in [6.07, 6.45) is 2.77. The predicted octanol–water partition coefficient (Wildman–Crippen LogP) is 4.06. The molecule has 3 saturated heterocycles. The van der Waals surface area contributed by atoms with Crippen LogP contribution in [0.1, 0.15) is 45.3 Å². The molecule has 1 aromatic heterocycles. The van der Waals surface area contributed by atoms with Crippen molar-refractivity contribution in [3.8, 4) is 11.6 Å². The van der Waals surface area contributed by atoms with Gasteiger partial charge in [0.1, 0.15) is 5.75 Å². The minimum atomic E-state index is -0.741. The third kappa shape index (κ3) is 4.59. The minimum absolute atomic E-state index is 0.00185. The topological polar surface area (TPSA) is 83.9 Å². The largest absolute Gasteiger partial charge is 0.497 e. The predicted molar refractivity (Wildman–Crippen MR) is 124 cm³/mol. The van der Waals surface area contributed by atoms with Crippen molar-refractivity contribution in [2.75, 3.05) is 20.2 Å². The van der Waals surface area contributed by atoms with E-state index in [2.05, 4.69) is 21.8 Å². The number of nitrogens with zero attached hydrogens (tertiary/aromatic N) is 2. The van der Waals surface area contributed by atoms with Crippen LogP contribution in [0, 0.1) is 11.8 Å². The first kappa shape index (κ1) is 22.6. The summed E-state index contributed by atoms with van der Waals surface area (Å²) < 4.78 is 10.9. The Morgan fingerprint density at radius 1 is 1.38 bits per heavy atom. The van der Waals surface area contributed by atoms with Gasteiger partial charge in [0.05, 0.1) is 18.7 Å². The fraction of sp³-hybridized carbons (Fsp3) is 0.520. The summed E-state index contributed by atoms with van der Waals surface area (Å²) in [4.78, 5) is 19.2. The number of carbonyl (C=O) groups excluding carboxylic acids is 1. The zero-order chi connectivity index (χ0) is 23.0. The molecule has 2 bridgehead atoms. The maximum atomic E-state index is 12.3. The fourth-order valence-electron chi connectivity index (χ4n) is 4.97. The number of aromatic nitrogens is 1. The van der Waals surface area contributed by atoms with Gasteiger partial charge in [-0.15, -0.1) is 6.58 Å². The van der Waals surface area contributed by atoms with Crippen LogP contribution in [0.2, 0.25) is 0 Å². The molecule has 2 aromatic rings. The molecule has 5 atom stereocenters. The lowest BCUT2D eigenvalue weighted by atomic mass is 9.73. The normalized spacial score (nSPS) is 25.9. The molecule has 0 aliphatic carbocycles. The van der Waals surface area contributed by atoms with Crippen molar-refractivity contribution in [2.24, 2.45) is 11.8 Å². The van der Waals surface area contributed by atoms with E-state index in [4.69, 9.17) is 9.47 Å². The Kier molecular flexibility index (Phi) is 6.14. The monoisotopic (exact) mass is 439 g/mol. The Morgan fingerprint density at radius 3 is 2.78 bits per heavy atom. The number of fused-ring (bicyclic) bond motifs is 4. The summed E-state index contributed by atoms with van der Waals surface area (Å²) in [7, 11) is 1.61. The molecular weight excluding hydrogens is 406 g/mol. The molecule has 172 valence electrons. The van der Waals surface area contributed by atoms with Gasteiger partial charge in [-0.2, -0.15) is 0 Å². The van der Waals surface area contributed by atoms with E-state index in [1.165, 1.54) is 0 Å². The molecule has 0 saturated carbocycles. The lowest BCUT2D eigenvalue weighted by molar-refractivity contribution is -0.0445. The van der Waals surface area contributed by atoms with Gasteiger partial charge in [-0.1, -0.05) is 6.08 Å². The Balaban J connectivity index is 1.69. The average Bonchev–Trinajstić information content (AvgIpc) is 2.76. The number of rotatable bonds is 5. The van der Waals surface area contributed by atoms with E-state index >= 15 is 0 Å². The smallest absolute Gasteiger partial charge is 0.414 e. The summed E-state index contributed by atoms with van der Waals surface area (Å²) in [6, 6.07) is 7.19. The highest BCUT2D eigenvalue weighted by Gasteiger charge is 2.42. The second-order valence-corrected chi connectivity index (χ2v) is 9.89. The van der Waals surface area contributed by atoms with E-state index < -0.39 is 17.7 Å². The summed E-state index contributed by atoms with van der Waals surface area (Å²) in [5, 5.41) is 15.1. The van der Waals surface area contributed by atoms with Crippen LogP contribution in [0.15, 0.2) is 36.9 Å². The summed E-state index contributed by atoms with van der Waals surface area (Å²) >= 11 is 0. The Morgan fingerprint density at radius 2 is 2.16 bits per heavy atom. The highest BCUT2D eigenvalue weighted by molar-refractivity contribution is 5.85. The van der Waals surface area contributed by atoms with E-state index in [1.54, 1.807) is 13.2 Å². The number of benzene rings is 1. The zero-order valence-corrected chi connectivity index (χ0v) is 19.3. The SMILES string of the molecule is C=C[C@H]1CN2CCC1C[C@H]2[C@H](O)c1cc(OC(=O)NC(C)(C)C)nc2ccc(OC)cc12. The van der Waals surface area contributed by atoms with Crippen LogP contribution < -0.4 is 14.8 Å². The van der Waals surface area contributed by atoms with E-state index in [0.29, 0.717) is 28.7 Å². The maximum absolute atomic E-state index is 12.3. The molecule has 3 aliphatic heterocycles. The molecule has 4 heterocycles. The highest BCUT2D eigenvalue weighted by Crippen LogP contribution is 2.42. The van der Waals surface area contributed by atoms with Crippen molar-refractivity contribution in [2.45, 2.75) is 51.3 Å². The molecule has 1 amide bonds. The van der Waals surface area contributed by atoms with Gasteiger partial charge in [0.25, 0.3) is 0 Å². The van der Waals surface area contributed by atoms with E-state index in [0.717, 1.165) is 31.3 Å². The van der Waals surface area contributed by atoms with Crippen molar-refractivity contribution in [1.29, 1.82) is 0 Å². The molecule has 3 fully saturated rings. The van der Waals surface area contributed by atoms with Gasteiger partial charge in [-0.05, 0) is 75.8 Å². The van der Waals surface area contributed by atoms with Gasteiger partial charge in [0.2, 0.25) is 5.88 Å². The van der Waals surface area contributed by atoms with Crippen LogP contribution in [0.5, 0.6) is 11.6 Å². The average molecular weight is 440 g/mol. The number of piperidine rings is 3. The van der Waals surface area contributed by atoms with Crippen LogP contribution in [-0.2, 0) is 0 Å². The second-order valence-electron chi connectivity index (χ2n) is 9.89. The highest BCUT2D eigenvalue weighted by atomic mass is 16.6. The maximum Gasteiger partial charge on any atom is 0.414 e. The van der Waals surface area contributed by atoms with Crippen LogP contribution in [0.4, 0.5) is 4.79 Å². The van der Waals surface area contributed by atoms with Crippen molar-refractivity contribution in [1.82, 2.24) is 15.2 Å². The van der Waals surface area contributed by atoms with Gasteiger partial charge >= 0.3 is 6.09 Å². The lowest BCUT2D eigenvalue weighted by Crippen LogP contribution is -2.54. The van der Waals surface area contributed by atoms with E-state index in [9.17, 15) is 9.90 Å². The van der Waals surface area contributed by atoms with Crippen molar-refractivity contribution in [3.63, 3.8) is 0 Å². The number of aliphatic hydroxyl groups is 1. The van der Waals surface area contributed by atoms with Crippen molar-refractivity contribution >= 4 is 17.0 Å². The first-order valence-electron chi connectivity index (χ1n) is 11.2. The number of amides is 1. The number of hydrogen-bond donors (Lipinski definition) is 2. The molecule has 0 spiro atoms. The number of ether oxygens (including phenoxy) is 2. The number of nitrogens with one attached hydrogen (secondary N) is 1. The zero-order valence-electron chi connectivity index (χ0n) is 19.3. The standard InChI is InChI=1S/C25H33N3O4/c1-6-15-14-28-10-9-16(15)11-21(28)23(29)19-13-22(32-24(30)27-25(2,3)4)26-20-8-7-17(31-5)12-18(19)20/h6-8,12-13,15-16,21,23,29H,1,9-11,14H2,2-5H3,(H,27,30)/t15-,16?,21-,23+/m0/s1. The van der Waals surface area contributed by atoms with Gasteiger partial charge < -0.3 is 19.9 Å². The third-order valence-corrected chi connectivity index (χ3v) is 6.54. The van der Waals surface area contributed by atoms with Gasteiger partial charge in [-0.3, -0.25) is 4.90 Å². The van der Waals surface area contributed by atoms with E-state index in [1.807, 2.05) is 45.0 Å². The van der Waals surface area contributed by atoms with E-state index in [-0.39, 0.29) is 11.9 Å². The van der Waals surface area contributed by atoms with Crippen LogP contribution in [-0.4, -0.2) is 52.9 Å². The van der Waals surface area contributed by atoms with Gasteiger partial charge in [-0.25, -0.2) is 9.78 Å². The van der Waals surface area contributed by atoms with Gasteiger partial charge in [0.15, 0.2) is 0 Å². The summed E-state index contributed by atoms with van der Waals surface area (Å²) in [5.41, 5.74) is 0.904. The molecule has 7 heteroatoms. The van der Waals surface area contributed by atoms with Crippen LogP contribution in [0.3, 0.4) is 0 Å². The molecular formula is C25H33N3O4. The van der Waals surface area contributed by atoms with Crippen molar-refractivity contribution < 1.29 is 19.4 Å². The number of methoxy groups -OCH3 is 1. The Hall–Kier alpha value is -2.64. The molecule has 2 N–H and O–H groups in total. The molecule has 5 rings (SSSR count). The number of aliphatic hydroxyl groups excluding tert-OH is 1. The summed E-state index contributed by atoms with van der Waals surface area (Å²) in [6.45, 7) is 11.5. The first-order valence-corrected chi connectivity index (χ1v) is 11.2. The summed E-state index contributed by atoms with van der Waals surface area (Å²) in [5.74, 6) is 1.86. The minimum Gasteiger partial charge on any atom is -0.497 e. The molecule has 0 radical (unpaired) electrons. The molecule has 3 aliphatic rings. The Bertz CT molecular complexity index is 1020. The Labute approximate surface area is 189 Å². The fourth-order valence-corrected chi connectivity index (χ4v) is 4.97. The van der Waals surface area contributed by atoms with Crippen LogP contribution >= 0.6 is 0 Å². The molecule has 1 aromatic carbocycles. The number of hydrogen-bond acceptors (Lipinski definition) is 6.